The van der Waals surface area contributed by atoms with Crippen LogP contribution in [0.2, 0.25) is 0 Å². The highest BCUT2D eigenvalue weighted by Gasteiger charge is 2.22. The quantitative estimate of drug-likeness (QED) is 0.720. The number of aliphatic hydroxyl groups is 1. The van der Waals surface area contributed by atoms with Crippen LogP contribution in [-0.2, 0) is 0 Å². The average Bonchev–Trinajstić information content (AvgIpc) is 2.78. The molecule has 1 saturated carbocycles. The van der Waals surface area contributed by atoms with Gasteiger partial charge in [-0.15, -0.1) is 0 Å². The first kappa shape index (κ1) is 11.5. The highest BCUT2D eigenvalue weighted by Crippen LogP contribution is 2.30. The maximum atomic E-state index is 9.38. The molecule has 1 fully saturated rings. The van der Waals surface area contributed by atoms with Gasteiger partial charge in [-0.05, 0) is 19.8 Å². The van der Waals surface area contributed by atoms with Crippen molar-refractivity contribution in [1.82, 2.24) is 15.2 Å². The number of hydrogen-bond acceptors (Lipinski definition) is 4. The molecule has 0 saturated heterocycles. The molecule has 0 bridgehead atoms. The Morgan fingerprint density at radius 2 is 2.06 bits per heavy atom. The van der Waals surface area contributed by atoms with Crippen LogP contribution in [0.15, 0.2) is 0 Å². The Kier molecular flexibility index (Phi) is 3.56. The summed E-state index contributed by atoms with van der Waals surface area (Å²) in [6.45, 7) is 1.65. The number of hydrogen-bond donors (Lipinski definition) is 3. The van der Waals surface area contributed by atoms with E-state index in [1.807, 2.05) is 0 Å². The summed E-state index contributed by atoms with van der Waals surface area (Å²) in [5, 5.41) is 16.4. The van der Waals surface area contributed by atoms with Crippen molar-refractivity contribution in [2.75, 3.05) is 0 Å². The molecule has 0 radical (unpaired) electrons. The van der Waals surface area contributed by atoms with Crippen LogP contribution in [0.5, 0.6) is 0 Å². The van der Waals surface area contributed by atoms with E-state index in [2.05, 4.69) is 15.2 Å². The van der Waals surface area contributed by atoms with Crippen molar-refractivity contribution >= 4 is 0 Å². The molecule has 4 N–H and O–H groups in total. The molecular weight excluding hydrogens is 204 g/mol. The predicted octanol–water partition coefficient (Wildman–Crippen LogP) is 1.23. The van der Waals surface area contributed by atoms with Gasteiger partial charge in [-0.3, -0.25) is 5.10 Å². The van der Waals surface area contributed by atoms with E-state index in [0.717, 1.165) is 5.82 Å². The minimum atomic E-state index is -0.616. The van der Waals surface area contributed by atoms with Crippen molar-refractivity contribution in [2.24, 2.45) is 5.73 Å². The summed E-state index contributed by atoms with van der Waals surface area (Å²) < 4.78 is 0. The van der Waals surface area contributed by atoms with Crippen molar-refractivity contribution in [3.63, 3.8) is 0 Å². The minimum absolute atomic E-state index is 0.492. The molecule has 2 atom stereocenters. The Bertz CT molecular complexity index is 330. The first-order chi connectivity index (χ1) is 7.68. The van der Waals surface area contributed by atoms with Crippen LogP contribution >= 0.6 is 0 Å². The molecule has 0 aromatic carbocycles. The lowest BCUT2D eigenvalue weighted by Crippen LogP contribution is -2.24. The van der Waals surface area contributed by atoms with Crippen molar-refractivity contribution in [3.8, 4) is 0 Å². The van der Waals surface area contributed by atoms with Gasteiger partial charge in [0.15, 0.2) is 5.82 Å². The number of aromatic amines is 1. The van der Waals surface area contributed by atoms with Crippen LogP contribution in [0.1, 0.15) is 62.6 Å². The molecule has 1 aromatic rings. The highest BCUT2D eigenvalue weighted by atomic mass is 16.3. The average molecular weight is 224 g/mol. The first-order valence-corrected chi connectivity index (χ1v) is 6.04. The Balaban J connectivity index is 2.06. The SMILES string of the molecule is CC(O)C(N)c1n[nH]c(C2CCCCC2)n1. The van der Waals surface area contributed by atoms with Crippen LogP contribution in [0, 0.1) is 0 Å². The summed E-state index contributed by atoms with van der Waals surface area (Å²) in [4.78, 5) is 4.40. The van der Waals surface area contributed by atoms with Gasteiger partial charge in [-0.1, -0.05) is 19.3 Å². The zero-order chi connectivity index (χ0) is 11.5. The Morgan fingerprint density at radius 3 is 2.69 bits per heavy atom. The van der Waals surface area contributed by atoms with E-state index >= 15 is 0 Å². The summed E-state index contributed by atoms with van der Waals surface area (Å²) >= 11 is 0. The summed E-state index contributed by atoms with van der Waals surface area (Å²) in [5.74, 6) is 1.96. The largest absolute Gasteiger partial charge is 0.391 e. The molecule has 2 unspecified atom stereocenters. The molecule has 16 heavy (non-hydrogen) atoms. The molecule has 1 aliphatic carbocycles. The van der Waals surface area contributed by atoms with E-state index < -0.39 is 12.1 Å². The zero-order valence-electron chi connectivity index (χ0n) is 9.69. The van der Waals surface area contributed by atoms with Crippen molar-refractivity contribution in [1.29, 1.82) is 0 Å². The summed E-state index contributed by atoms with van der Waals surface area (Å²) in [6.07, 6.45) is 5.60. The molecule has 0 aliphatic heterocycles. The van der Waals surface area contributed by atoms with Crippen LogP contribution < -0.4 is 5.73 Å². The second-order valence-corrected chi connectivity index (χ2v) is 4.68. The standard InChI is InChI=1S/C11H20N4O/c1-7(16)9(12)11-13-10(14-15-11)8-5-3-2-4-6-8/h7-9,16H,2-6,12H2,1H3,(H,13,14,15). The maximum absolute atomic E-state index is 9.38. The van der Waals surface area contributed by atoms with E-state index in [-0.39, 0.29) is 0 Å². The molecule has 0 amide bonds. The fourth-order valence-electron chi connectivity index (χ4n) is 2.21. The van der Waals surface area contributed by atoms with E-state index in [0.29, 0.717) is 11.7 Å². The molecule has 5 nitrogen and oxygen atoms in total. The Labute approximate surface area is 95.5 Å². The number of rotatable bonds is 3. The van der Waals surface area contributed by atoms with Crippen molar-refractivity contribution < 1.29 is 5.11 Å². The van der Waals surface area contributed by atoms with Crippen LogP contribution in [0.3, 0.4) is 0 Å². The highest BCUT2D eigenvalue weighted by molar-refractivity contribution is 5.02. The number of aliphatic hydroxyl groups excluding tert-OH is 1. The number of H-pyrrole nitrogens is 1. The molecule has 5 heteroatoms. The van der Waals surface area contributed by atoms with Crippen LogP contribution in [0.4, 0.5) is 0 Å². The zero-order valence-corrected chi connectivity index (χ0v) is 9.69. The van der Waals surface area contributed by atoms with Gasteiger partial charge in [-0.25, -0.2) is 4.98 Å². The van der Waals surface area contributed by atoms with Gasteiger partial charge in [0.2, 0.25) is 0 Å². The predicted molar refractivity (Wildman–Crippen MR) is 60.8 cm³/mol. The van der Waals surface area contributed by atoms with Gasteiger partial charge in [0.05, 0.1) is 12.1 Å². The third-order valence-corrected chi connectivity index (χ3v) is 3.33. The Hall–Kier alpha value is -0.940. The smallest absolute Gasteiger partial charge is 0.169 e. The fourth-order valence-corrected chi connectivity index (χ4v) is 2.21. The number of nitrogens with two attached hydrogens (primary N) is 1. The first-order valence-electron chi connectivity index (χ1n) is 6.04. The van der Waals surface area contributed by atoms with Gasteiger partial charge >= 0.3 is 0 Å². The lowest BCUT2D eigenvalue weighted by Gasteiger charge is -2.18. The molecular formula is C11H20N4O. The summed E-state index contributed by atoms with van der Waals surface area (Å²) in [7, 11) is 0. The molecule has 1 aliphatic rings. The van der Waals surface area contributed by atoms with Crippen LogP contribution in [-0.4, -0.2) is 26.4 Å². The monoisotopic (exact) mass is 224 g/mol. The number of nitrogens with one attached hydrogen (secondary N) is 1. The van der Waals surface area contributed by atoms with Crippen molar-refractivity contribution in [2.45, 2.75) is 57.1 Å². The second kappa shape index (κ2) is 4.93. The summed E-state index contributed by atoms with van der Waals surface area (Å²) in [5.41, 5.74) is 5.79. The topological polar surface area (TPSA) is 87.8 Å². The summed E-state index contributed by atoms with van der Waals surface area (Å²) in [6, 6.07) is -0.492. The lowest BCUT2D eigenvalue weighted by molar-refractivity contribution is 0.160. The van der Waals surface area contributed by atoms with E-state index in [1.165, 1.54) is 32.1 Å². The van der Waals surface area contributed by atoms with E-state index in [4.69, 9.17) is 5.73 Å². The Morgan fingerprint density at radius 1 is 1.38 bits per heavy atom. The minimum Gasteiger partial charge on any atom is -0.391 e. The van der Waals surface area contributed by atoms with Gasteiger partial charge in [0.1, 0.15) is 5.82 Å². The van der Waals surface area contributed by atoms with Gasteiger partial charge in [0.25, 0.3) is 0 Å². The lowest BCUT2D eigenvalue weighted by atomic mass is 9.89. The third kappa shape index (κ3) is 2.41. The van der Waals surface area contributed by atoms with Crippen molar-refractivity contribution in [3.05, 3.63) is 11.6 Å². The van der Waals surface area contributed by atoms with E-state index in [1.54, 1.807) is 6.92 Å². The molecule has 0 spiro atoms. The molecule has 1 aromatic heterocycles. The van der Waals surface area contributed by atoms with Gasteiger partial charge in [0, 0.05) is 5.92 Å². The second-order valence-electron chi connectivity index (χ2n) is 4.68. The maximum Gasteiger partial charge on any atom is 0.169 e. The van der Waals surface area contributed by atoms with Crippen LogP contribution in [0.25, 0.3) is 0 Å². The molecule has 2 rings (SSSR count). The van der Waals surface area contributed by atoms with E-state index in [9.17, 15) is 5.11 Å². The molecule has 90 valence electrons. The molecule has 1 heterocycles. The van der Waals surface area contributed by atoms with Gasteiger partial charge in [-0.2, -0.15) is 5.10 Å². The fraction of sp³-hybridized carbons (Fsp3) is 0.818. The number of nitrogens with zero attached hydrogens (tertiary/aromatic N) is 2. The normalized spacial score (nSPS) is 21.9. The third-order valence-electron chi connectivity index (χ3n) is 3.33. The van der Waals surface area contributed by atoms with Gasteiger partial charge < -0.3 is 10.8 Å². The number of aromatic nitrogens is 3.